The highest BCUT2D eigenvalue weighted by Gasteiger charge is 2.05. The maximum atomic E-state index is 8.50. The first-order chi connectivity index (χ1) is 7.86. The lowest BCUT2D eigenvalue weighted by Crippen LogP contribution is -1.98. The molecule has 5 nitrogen and oxygen atoms in total. The van der Waals surface area contributed by atoms with Gasteiger partial charge in [0.15, 0.2) is 0 Å². The molecule has 0 aliphatic carbocycles. The summed E-state index contributed by atoms with van der Waals surface area (Å²) in [6.07, 6.45) is 4.44. The summed E-state index contributed by atoms with van der Waals surface area (Å²) in [6.45, 7) is 2.04. The Labute approximate surface area is 93.0 Å². The highest BCUT2D eigenvalue weighted by Crippen LogP contribution is 2.24. The van der Waals surface area contributed by atoms with Crippen LogP contribution in [0, 0.1) is 0 Å². The van der Waals surface area contributed by atoms with Gasteiger partial charge in [-0.15, -0.1) is 0 Å². The second-order valence-electron chi connectivity index (χ2n) is 3.25. The number of para-hydroxylation sites is 1. The number of benzene rings is 1. The van der Waals surface area contributed by atoms with Crippen molar-refractivity contribution in [3.63, 3.8) is 0 Å². The molecule has 0 spiro atoms. The Bertz CT molecular complexity index is 537. The fourth-order valence-electron chi connectivity index (χ4n) is 1.62. The first-order valence-corrected chi connectivity index (χ1v) is 5.03. The zero-order chi connectivity index (χ0) is 11.4. The lowest BCUT2D eigenvalue weighted by Gasteiger charge is -2.08. The maximum absolute atomic E-state index is 8.50. The molecule has 0 saturated heterocycles. The van der Waals surface area contributed by atoms with E-state index in [-0.39, 0.29) is 0 Å². The molecular weight excluding hydrogens is 202 g/mol. The molecule has 2 aromatic rings. The average molecular weight is 213 g/mol. The van der Waals surface area contributed by atoms with E-state index < -0.39 is 0 Å². The van der Waals surface area contributed by atoms with Crippen molar-refractivity contribution in [1.82, 2.24) is 9.55 Å². The topological polar surface area (TPSA) is 66.6 Å². The van der Waals surface area contributed by atoms with Gasteiger partial charge in [0, 0.05) is 23.7 Å². The van der Waals surface area contributed by atoms with Crippen molar-refractivity contribution in [3.05, 3.63) is 52.9 Å². The molecule has 1 aromatic carbocycles. The molecule has 0 radical (unpaired) electrons. The van der Waals surface area contributed by atoms with E-state index in [0.717, 1.165) is 17.9 Å². The fourth-order valence-corrected chi connectivity index (χ4v) is 1.62. The quantitative estimate of drug-likeness (QED) is 0.438. The molecular formula is C11H11N5. The number of azide groups is 1. The molecule has 0 aliphatic rings. The molecule has 0 aliphatic heterocycles. The van der Waals surface area contributed by atoms with Gasteiger partial charge < -0.3 is 4.57 Å². The van der Waals surface area contributed by atoms with Gasteiger partial charge in [-0.1, -0.05) is 30.2 Å². The minimum Gasteiger partial charge on any atom is -0.303 e. The SMILES string of the molecule is CCc1nccn1-c1ccccc1N=[N+]=[N-]. The van der Waals surface area contributed by atoms with Gasteiger partial charge in [-0.25, -0.2) is 4.98 Å². The third-order valence-electron chi connectivity index (χ3n) is 2.33. The summed E-state index contributed by atoms with van der Waals surface area (Å²) in [6, 6.07) is 7.45. The van der Waals surface area contributed by atoms with Crippen molar-refractivity contribution in [1.29, 1.82) is 0 Å². The smallest absolute Gasteiger partial charge is 0.112 e. The van der Waals surface area contributed by atoms with E-state index >= 15 is 0 Å². The minimum atomic E-state index is 0.609. The van der Waals surface area contributed by atoms with Crippen molar-refractivity contribution < 1.29 is 0 Å². The Balaban J connectivity index is 2.59. The van der Waals surface area contributed by atoms with Gasteiger partial charge in [-0.05, 0) is 11.6 Å². The van der Waals surface area contributed by atoms with E-state index in [2.05, 4.69) is 15.0 Å². The number of hydrogen-bond donors (Lipinski definition) is 0. The molecule has 0 unspecified atom stereocenters. The number of hydrogen-bond acceptors (Lipinski definition) is 2. The number of aromatic nitrogens is 2. The first kappa shape index (κ1) is 10.3. The van der Waals surface area contributed by atoms with E-state index in [9.17, 15) is 0 Å². The van der Waals surface area contributed by atoms with Gasteiger partial charge in [0.05, 0.1) is 11.4 Å². The van der Waals surface area contributed by atoms with Gasteiger partial charge in [0.2, 0.25) is 0 Å². The normalized spacial score (nSPS) is 9.81. The van der Waals surface area contributed by atoms with E-state index in [0.29, 0.717) is 5.69 Å². The number of aryl methyl sites for hydroxylation is 1. The van der Waals surface area contributed by atoms with Crippen LogP contribution in [0.1, 0.15) is 12.7 Å². The molecule has 2 rings (SSSR count). The largest absolute Gasteiger partial charge is 0.303 e. The predicted octanol–water partition coefficient (Wildman–Crippen LogP) is 3.38. The Morgan fingerprint density at radius 2 is 2.25 bits per heavy atom. The zero-order valence-electron chi connectivity index (χ0n) is 8.91. The summed E-state index contributed by atoms with van der Waals surface area (Å²) in [7, 11) is 0. The van der Waals surface area contributed by atoms with E-state index in [1.807, 2.05) is 35.9 Å². The first-order valence-electron chi connectivity index (χ1n) is 5.03. The van der Waals surface area contributed by atoms with Gasteiger partial charge in [-0.3, -0.25) is 0 Å². The van der Waals surface area contributed by atoms with Crippen LogP contribution in [-0.2, 0) is 6.42 Å². The van der Waals surface area contributed by atoms with E-state index in [1.54, 1.807) is 12.3 Å². The maximum Gasteiger partial charge on any atom is 0.112 e. The predicted molar refractivity (Wildman–Crippen MR) is 61.7 cm³/mol. The Hall–Kier alpha value is -2.26. The summed E-state index contributed by atoms with van der Waals surface area (Å²) in [4.78, 5) is 7.06. The summed E-state index contributed by atoms with van der Waals surface area (Å²) in [5, 5.41) is 3.67. The molecule has 0 bridgehead atoms. The van der Waals surface area contributed by atoms with Crippen LogP contribution in [0.2, 0.25) is 0 Å². The number of imidazole rings is 1. The highest BCUT2D eigenvalue weighted by molar-refractivity contribution is 5.57. The standard InChI is InChI=1S/C11H11N5/c1-2-11-13-7-8-16(11)10-6-4-3-5-9(10)14-15-12/h3-8H,2H2,1H3. The van der Waals surface area contributed by atoms with Crippen LogP contribution in [0.3, 0.4) is 0 Å². The number of nitrogens with zero attached hydrogens (tertiary/aromatic N) is 5. The van der Waals surface area contributed by atoms with E-state index in [1.165, 1.54) is 0 Å². The fraction of sp³-hybridized carbons (Fsp3) is 0.182. The van der Waals surface area contributed by atoms with Crippen LogP contribution in [0.15, 0.2) is 41.8 Å². The van der Waals surface area contributed by atoms with Crippen LogP contribution in [-0.4, -0.2) is 9.55 Å². The van der Waals surface area contributed by atoms with Crippen LogP contribution in [0.5, 0.6) is 0 Å². The lowest BCUT2D eigenvalue weighted by atomic mass is 10.2. The summed E-state index contributed by atoms with van der Waals surface area (Å²) < 4.78 is 1.93. The van der Waals surface area contributed by atoms with Gasteiger partial charge in [0.1, 0.15) is 5.82 Å². The Morgan fingerprint density at radius 3 is 3.00 bits per heavy atom. The molecule has 0 saturated carbocycles. The third kappa shape index (κ3) is 1.76. The molecule has 0 fully saturated rings. The van der Waals surface area contributed by atoms with Crippen molar-refractivity contribution in [2.75, 3.05) is 0 Å². The molecule has 5 heteroatoms. The molecule has 0 amide bonds. The minimum absolute atomic E-state index is 0.609. The number of rotatable bonds is 3. The summed E-state index contributed by atoms with van der Waals surface area (Å²) in [5.74, 6) is 0.945. The van der Waals surface area contributed by atoms with Crippen LogP contribution < -0.4 is 0 Å². The molecule has 1 heterocycles. The van der Waals surface area contributed by atoms with Crippen molar-refractivity contribution in [2.45, 2.75) is 13.3 Å². The molecule has 16 heavy (non-hydrogen) atoms. The third-order valence-corrected chi connectivity index (χ3v) is 2.33. The van der Waals surface area contributed by atoms with Crippen molar-refractivity contribution in [3.8, 4) is 5.69 Å². The molecule has 1 aromatic heterocycles. The average Bonchev–Trinajstić information content (AvgIpc) is 2.78. The second-order valence-corrected chi connectivity index (χ2v) is 3.25. The molecule has 0 N–H and O–H groups in total. The van der Waals surface area contributed by atoms with Crippen LogP contribution in [0.4, 0.5) is 5.69 Å². The lowest BCUT2D eigenvalue weighted by molar-refractivity contribution is 0.891. The summed E-state index contributed by atoms with van der Waals surface area (Å²) >= 11 is 0. The monoisotopic (exact) mass is 213 g/mol. The zero-order valence-corrected chi connectivity index (χ0v) is 8.91. The Kier molecular flexibility index (Phi) is 2.89. The van der Waals surface area contributed by atoms with Crippen LogP contribution in [0.25, 0.3) is 16.1 Å². The van der Waals surface area contributed by atoms with Crippen molar-refractivity contribution >= 4 is 5.69 Å². The Morgan fingerprint density at radius 1 is 1.44 bits per heavy atom. The molecule has 80 valence electrons. The summed E-state index contributed by atoms with van der Waals surface area (Å²) in [5.41, 5.74) is 9.97. The van der Waals surface area contributed by atoms with Gasteiger partial charge in [-0.2, -0.15) is 0 Å². The highest BCUT2D eigenvalue weighted by atomic mass is 15.2. The van der Waals surface area contributed by atoms with E-state index in [4.69, 9.17) is 5.53 Å². The second kappa shape index (κ2) is 4.51. The van der Waals surface area contributed by atoms with Gasteiger partial charge >= 0.3 is 0 Å². The van der Waals surface area contributed by atoms with Crippen LogP contribution >= 0.6 is 0 Å². The van der Waals surface area contributed by atoms with Gasteiger partial charge in [0.25, 0.3) is 0 Å². The molecule has 0 atom stereocenters. The van der Waals surface area contributed by atoms with Crippen molar-refractivity contribution in [2.24, 2.45) is 5.11 Å².